The molecule has 1 atom stereocenters. The van der Waals surface area contributed by atoms with Crippen LogP contribution in [0.1, 0.15) is 47.0 Å². The summed E-state index contributed by atoms with van der Waals surface area (Å²) in [5, 5.41) is 17.4. The molecule has 0 aliphatic carbocycles. The summed E-state index contributed by atoms with van der Waals surface area (Å²) in [7, 11) is 0. The fourth-order valence-corrected chi connectivity index (χ4v) is 3.78. The molecule has 0 spiro atoms. The summed E-state index contributed by atoms with van der Waals surface area (Å²) in [6.45, 7) is 16.8. The molecule has 7 nitrogen and oxygen atoms in total. The summed E-state index contributed by atoms with van der Waals surface area (Å²) < 4.78 is 5.39. The smallest absolute Gasteiger partial charge is 0.191 e. The number of ether oxygens (including phenoxy) is 1. The van der Waals surface area contributed by atoms with E-state index < -0.39 is 5.60 Å². The highest BCUT2D eigenvalue weighted by Crippen LogP contribution is 2.20. The number of aliphatic imine (C=N–C) groups is 1. The van der Waals surface area contributed by atoms with Crippen molar-refractivity contribution in [2.24, 2.45) is 4.99 Å². The van der Waals surface area contributed by atoms with Crippen LogP contribution in [0.5, 0.6) is 0 Å². The van der Waals surface area contributed by atoms with Crippen LogP contribution >= 0.6 is 24.0 Å². The lowest BCUT2D eigenvalue weighted by Crippen LogP contribution is -2.53. The van der Waals surface area contributed by atoms with Gasteiger partial charge in [0, 0.05) is 38.3 Å². The Bertz CT molecular complexity index is 462. The molecule has 0 aromatic heterocycles. The molecule has 2 aliphatic heterocycles. The van der Waals surface area contributed by atoms with E-state index in [4.69, 9.17) is 9.73 Å². The number of nitrogens with zero attached hydrogens (tertiary/aromatic N) is 3. The SMILES string of the molecule is CCNC(=NCC(C)(C)N1CCCCC1)NCC(C)(O)CN1CCOCC1.I. The second kappa shape index (κ2) is 12.5. The van der Waals surface area contributed by atoms with E-state index in [0.717, 1.165) is 45.4 Å². The van der Waals surface area contributed by atoms with Crippen LogP contribution in [0.2, 0.25) is 0 Å². The number of halogens is 1. The standard InChI is InChI=1S/C20H41N5O2.HI/c1-5-21-18(22-15-19(2,3)25-9-7-6-8-10-25)23-16-20(4,26)17-24-11-13-27-14-12-24;/h26H,5-17H2,1-4H3,(H2,21,22,23);1H. The third-order valence-electron chi connectivity index (χ3n) is 5.49. The maximum absolute atomic E-state index is 10.8. The summed E-state index contributed by atoms with van der Waals surface area (Å²) in [4.78, 5) is 9.63. The van der Waals surface area contributed by atoms with Crippen molar-refractivity contribution < 1.29 is 9.84 Å². The van der Waals surface area contributed by atoms with Crippen LogP contribution in [0.3, 0.4) is 0 Å². The van der Waals surface area contributed by atoms with Crippen molar-refractivity contribution >= 4 is 29.9 Å². The van der Waals surface area contributed by atoms with Crippen molar-refractivity contribution in [1.29, 1.82) is 0 Å². The van der Waals surface area contributed by atoms with E-state index in [1.807, 2.05) is 6.92 Å². The molecular formula is C20H42IN5O2. The lowest BCUT2D eigenvalue weighted by molar-refractivity contribution is -0.0201. The molecule has 0 bridgehead atoms. The Morgan fingerprint density at radius 3 is 2.29 bits per heavy atom. The number of likely N-dealkylation sites (tertiary alicyclic amines) is 1. The van der Waals surface area contributed by atoms with Crippen LogP contribution in [0.15, 0.2) is 4.99 Å². The fraction of sp³-hybridized carbons (Fsp3) is 0.950. The number of aliphatic hydroxyl groups is 1. The number of nitrogens with one attached hydrogen (secondary N) is 2. The van der Waals surface area contributed by atoms with E-state index in [0.29, 0.717) is 13.1 Å². The third-order valence-corrected chi connectivity index (χ3v) is 5.49. The first-order valence-corrected chi connectivity index (χ1v) is 10.6. The maximum atomic E-state index is 10.8. The molecule has 0 amide bonds. The molecule has 8 heteroatoms. The van der Waals surface area contributed by atoms with E-state index in [9.17, 15) is 5.11 Å². The van der Waals surface area contributed by atoms with Crippen LogP contribution < -0.4 is 10.6 Å². The number of hydrogen-bond acceptors (Lipinski definition) is 5. The second-order valence-corrected chi connectivity index (χ2v) is 8.79. The Kier molecular flexibility index (Phi) is 11.6. The zero-order valence-electron chi connectivity index (χ0n) is 18.3. The maximum Gasteiger partial charge on any atom is 0.191 e. The highest BCUT2D eigenvalue weighted by molar-refractivity contribution is 14.0. The molecule has 0 radical (unpaired) electrons. The summed E-state index contributed by atoms with van der Waals surface area (Å²) in [6, 6.07) is 0. The van der Waals surface area contributed by atoms with Crippen LogP contribution in [-0.2, 0) is 4.74 Å². The first kappa shape index (κ1) is 25.9. The molecule has 0 aromatic rings. The van der Waals surface area contributed by atoms with Gasteiger partial charge in [-0.15, -0.1) is 24.0 Å². The second-order valence-electron chi connectivity index (χ2n) is 8.79. The van der Waals surface area contributed by atoms with Crippen molar-refractivity contribution in [3.63, 3.8) is 0 Å². The van der Waals surface area contributed by atoms with Crippen LogP contribution in [0.4, 0.5) is 0 Å². The minimum Gasteiger partial charge on any atom is -0.387 e. The zero-order valence-corrected chi connectivity index (χ0v) is 20.6. The van der Waals surface area contributed by atoms with Gasteiger partial charge >= 0.3 is 0 Å². The normalized spacial score (nSPS) is 22.2. The van der Waals surface area contributed by atoms with Gasteiger partial charge in [0.05, 0.1) is 25.4 Å². The van der Waals surface area contributed by atoms with Gasteiger partial charge in [-0.3, -0.25) is 14.8 Å². The minimum absolute atomic E-state index is 0. The topological polar surface area (TPSA) is 72.4 Å². The van der Waals surface area contributed by atoms with Gasteiger partial charge in [-0.1, -0.05) is 6.42 Å². The molecule has 28 heavy (non-hydrogen) atoms. The van der Waals surface area contributed by atoms with E-state index in [-0.39, 0.29) is 29.5 Å². The highest BCUT2D eigenvalue weighted by atomic mass is 127. The molecule has 166 valence electrons. The molecule has 2 rings (SSSR count). The van der Waals surface area contributed by atoms with Gasteiger partial charge in [-0.05, 0) is 53.6 Å². The molecular weight excluding hydrogens is 469 g/mol. The molecule has 0 aromatic carbocycles. The third kappa shape index (κ3) is 9.11. The predicted octanol–water partition coefficient (Wildman–Crippen LogP) is 1.51. The molecule has 2 heterocycles. The Labute approximate surface area is 188 Å². The van der Waals surface area contributed by atoms with Gasteiger partial charge < -0.3 is 20.5 Å². The average molecular weight is 511 g/mol. The number of β-amino-alcohol motifs (C(OH)–C–C–N with tert-alkyl or cyclic N) is 1. The summed E-state index contributed by atoms with van der Waals surface area (Å²) >= 11 is 0. The lowest BCUT2D eigenvalue weighted by Gasteiger charge is -2.40. The molecule has 2 saturated heterocycles. The predicted molar refractivity (Wildman–Crippen MR) is 127 cm³/mol. The van der Waals surface area contributed by atoms with E-state index in [1.165, 1.54) is 32.4 Å². The summed E-state index contributed by atoms with van der Waals surface area (Å²) in [5.41, 5.74) is -0.755. The molecule has 1 unspecified atom stereocenters. The van der Waals surface area contributed by atoms with Crippen LogP contribution in [-0.4, -0.2) is 97.6 Å². The highest BCUT2D eigenvalue weighted by Gasteiger charge is 2.28. The van der Waals surface area contributed by atoms with Gasteiger partial charge in [-0.25, -0.2) is 0 Å². The number of hydrogen-bond donors (Lipinski definition) is 3. The van der Waals surface area contributed by atoms with Gasteiger partial charge in [-0.2, -0.15) is 0 Å². The molecule has 2 fully saturated rings. The summed E-state index contributed by atoms with van der Waals surface area (Å²) in [6.07, 6.45) is 3.92. The minimum atomic E-state index is -0.810. The lowest BCUT2D eigenvalue weighted by atomic mass is 9.99. The Balaban J connectivity index is 0.00000392. The van der Waals surface area contributed by atoms with E-state index >= 15 is 0 Å². The average Bonchev–Trinajstić information content (AvgIpc) is 2.65. The van der Waals surface area contributed by atoms with Gasteiger partial charge in [0.15, 0.2) is 5.96 Å². The first-order chi connectivity index (χ1) is 12.8. The summed E-state index contributed by atoms with van der Waals surface area (Å²) in [5.74, 6) is 0.782. The largest absolute Gasteiger partial charge is 0.387 e. The van der Waals surface area contributed by atoms with Crippen LogP contribution in [0.25, 0.3) is 0 Å². The monoisotopic (exact) mass is 511 g/mol. The van der Waals surface area contributed by atoms with Crippen molar-refractivity contribution in [2.45, 2.75) is 58.1 Å². The number of guanidine groups is 1. The Hall–Kier alpha value is -0.160. The Morgan fingerprint density at radius 2 is 1.68 bits per heavy atom. The first-order valence-electron chi connectivity index (χ1n) is 10.6. The van der Waals surface area contributed by atoms with E-state index in [2.05, 4.69) is 41.2 Å². The van der Waals surface area contributed by atoms with Crippen LogP contribution in [0, 0.1) is 0 Å². The van der Waals surface area contributed by atoms with Gasteiger partial charge in [0.1, 0.15) is 0 Å². The number of morpholine rings is 1. The van der Waals surface area contributed by atoms with Crippen molar-refractivity contribution in [1.82, 2.24) is 20.4 Å². The quantitative estimate of drug-likeness (QED) is 0.261. The van der Waals surface area contributed by atoms with Crippen molar-refractivity contribution in [3.05, 3.63) is 0 Å². The van der Waals surface area contributed by atoms with Crippen molar-refractivity contribution in [2.75, 3.05) is 65.6 Å². The molecule has 2 aliphatic rings. The van der Waals surface area contributed by atoms with Gasteiger partial charge in [0.2, 0.25) is 0 Å². The van der Waals surface area contributed by atoms with E-state index in [1.54, 1.807) is 0 Å². The van der Waals surface area contributed by atoms with Crippen molar-refractivity contribution in [3.8, 4) is 0 Å². The number of piperidine rings is 1. The zero-order chi connectivity index (χ0) is 19.8. The fourth-order valence-electron chi connectivity index (χ4n) is 3.78. The Morgan fingerprint density at radius 1 is 1.04 bits per heavy atom. The van der Waals surface area contributed by atoms with Gasteiger partial charge in [0.25, 0.3) is 0 Å². The molecule has 3 N–H and O–H groups in total. The number of rotatable bonds is 8. The molecule has 0 saturated carbocycles.